The zero-order valence-electron chi connectivity index (χ0n) is 16.8. The van der Waals surface area contributed by atoms with Crippen LogP contribution >= 0.6 is 11.6 Å². The lowest BCUT2D eigenvalue weighted by atomic mass is 9.99. The predicted octanol–water partition coefficient (Wildman–Crippen LogP) is 3.36. The summed E-state index contributed by atoms with van der Waals surface area (Å²) in [5, 5.41) is 3.46. The van der Waals surface area contributed by atoms with E-state index in [1.165, 1.54) is 0 Å². The molecule has 1 saturated heterocycles. The number of rotatable bonds is 5. The lowest BCUT2D eigenvalue weighted by Crippen LogP contribution is -2.42. The fraction of sp³-hybridized carbons (Fsp3) is 0.125. The third kappa shape index (κ3) is 4.44. The molecule has 4 rings (SSSR count). The van der Waals surface area contributed by atoms with Crippen molar-refractivity contribution in [2.75, 3.05) is 7.11 Å². The molecular weight excluding hydrogens is 414 g/mol. The van der Waals surface area contributed by atoms with Gasteiger partial charge in [-0.3, -0.25) is 9.59 Å². The number of benzene rings is 3. The van der Waals surface area contributed by atoms with Crippen LogP contribution in [0.25, 0.3) is 0 Å². The molecule has 2 atom stereocenters. The molecule has 1 aliphatic heterocycles. The number of hydrogen-bond acceptors (Lipinski definition) is 3. The van der Waals surface area contributed by atoms with Crippen molar-refractivity contribution in [2.24, 2.45) is 0 Å². The molecule has 0 saturated carbocycles. The van der Waals surface area contributed by atoms with Gasteiger partial charge in [-0.15, -0.1) is 10.1 Å². The molecule has 156 valence electrons. The highest BCUT2D eigenvalue weighted by atomic mass is 35.5. The molecule has 0 aliphatic carbocycles. The second-order valence-corrected chi connectivity index (χ2v) is 7.50. The highest BCUT2D eigenvalue weighted by Gasteiger charge is 2.47. The number of hydrazone groups is 1. The Labute approximate surface area is 185 Å². The van der Waals surface area contributed by atoms with Gasteiger partial charge in [0.15, 0.2) is 6.04 Å². The van der Waals surface area contributed by atoms with Crippen LogP contribution in [0.2, 0.25) is 5.02 Å². The SMILES string of the molecule is COc1ccccc1/C=[N+]1\NC(=O)[C@@H](NC(=O)c2ccccc2)[C@@H]1c1ccc(Cl)cc1. The van der Waals surface area contributed by atoms with E-state index in [4.69, 9.17) is 16.3 Å². The molecule has 2 amide bonds. The van der Waals surface area contributed by atoms with Crippen molar-refractivity contribution in [1.29, 1.82) is 0 Å². The Hall–Kier alpha value is -3.64. The maximum absolute atomic E-state index is 12.9. The monoisotopic (exact) mass is 434 g/mol. The molecule has 0 aromatic heterocycles. The van der Waals surface area contributed by atoms with Gasteiger partial charge in [0.1, 0.15) is 5.75 Å². The lowest BCUT2D eigenvalue weighted by molar-refractivity contribution is -0.596. The summed E-state index contributed by atoms with van der Waals surface area (Å²) >= 11 is 6.06. The van der Waals surface area contributed by atoms with Gasteiger partial charge in [-0.2, -0.15) is 0 Å². The van der Waals surface area contributed by atoms with Crippen LogP contribution in [-0.4, -0.2) is 35.9 Å². The number of carbonyl (C=O) groups is 2. The summed E-state index contributed by atoms with van der Waals surface area (Å²) in [6.45, 7) is 0. The molecule has 6 nitrogen and oxygen atoms in total. The number of nitrogens with zero attached hydrogens (tertiary/aromatic N) is 1. The van der Waals surface area contributed by atoms with Gasteiger partial charge >= 0.3 is 5.91 Å². The Morgan fingerprint density at radius 3 is 2.42 bits per heavy atom. The van der Waals surface area contributed by atoms with E-state index in [1.807, 2.05) is 42.5 Å². The number of hydrazine groups is 1. The average molecular weight is 435 g/mol. The molecule has 0 bridgehead atoms. The third-order valence-corrected chi connectivity index (χ3v) is 5.34. The van der Waals surface area contributed by atoms with Gasteiger partial charge < -0.3 is 10.1 Å². The molecule has 1 aliphatic rings. The van der Waals surface area contributed by atoms with E-state index in [2.05, 4.69) is 10.7 Å². The van der Waals surface area contributed by atoms with Crippen LogP contribution in [0, 0.1) is 0 Å². The third-order valence-electron chi connectivity index (χ3n) is 5.09. The average Bonchev–Trinajstić information content (AvgIpc) is 3.09. The molecule has 3 aromatic carbocycles. The summed E-state index contributed by atoms with van der Waals surface area (Å²) in [4.78, 5) is 25.7. The van der Waals surface area contributed by atoms with Crippen molar-refractivity contribution in [3.63, 3.8) is 0 Å². The number of amides is 2. The van der Waals surface area contributed by atoms with Gasteiger partial charge in [0, 0.05) is 16.1 Å². The molecular formula is C24H21ClN3O3+. The van der Waals surface area contributed by atoms with Gasteiger partial charge in [0.25, 0.3) is 5.91 Å². The molecule has 31 heavy (non-hydrogen) atoms. The summed E-state index contributed by atoms with van der Waals surface area (Å²) in [7, 11) is 1.59. The molecule has 2 N–H and O–H groups in total. The van der Waals surface area contributed by atoms with E-state index in [0.29, 0.717) is 16.3 Å². The minimum absolute atomic E-state index is 0.310. The van der Waals surface area contributed by atoms with Crippen LogP contribution in [0.4, 0.5) is 0 Å². The maximum Gasteiger partial charge on any atom is 0.304 e. The van der Waals surface area contributed by atoms with Crippen LogP contribution in [0.15, 0.2) is 78.9 Å². The zero-order chi connectivity index (χ0) is 21.8. The van der Waals surface area contributed by atoms with E-state index in [9.17, 15) is 9.59 Å². The highest BCUT2D eigenvalue weighted by molar-refractivity contribution is 6.30. The van der Waals surface area contributed by atoms with Crippen molar-refractivity contribution in [3.8, 4) is 5.75 Å². The van der Waals surface area contributed by atoms with Crippen LogP contribution in [-0.2, 0) is 4.79 Å². The van der Waals surface area contributed by atoms with Crippen molar-refractivity contribution in [3.05, 3.63) is 101 Å². The first-order chi connectivity index (χ1) is 15.1. The Bertz CT molecular complexity index is 1130. The summed E-state index contributed by atoms with van der Waals surface area (Å²) in [6, 6.07) is 22.2. The largest absolute Gasteiger partial charge is 0.496 e. The van der Waals surface area contributed by atoms with Crippen molar-refractivity contribution in [1.82, 2.24) is 10.7 Å². The quantitative estimate of drug-likeness (QED) is 0.605. The first kappa shape index (κ1) is 20.6. The first-order valence-corrected chi connectivity index (χ1v) is 10.1. The van der Waals surface area contributed by atoms with Crippen LogP contribution in [0.5, 0.6) is 5.75 Å². The Morgan fingerprint density at radius 2 is 1.71 bits per heavy atom. The highest BCUT2D eigenvalue weighted by Crippen LogP contribution is 2.27. The maximum atomic E-state index is 12.9. The smallest absolute Gasteiger partial charge is 0.304 e. The van der Waals surface area contributed by atoms with E-state index in [1.54, 1.807) is 54.4 Å². The summed E-state index contributed by atoms with van der Waals surface area (Å²) < 4.78 is 7.12. The Kier molecular flexibility index (Phi) is 6.00. The molecule has 3 aromatic rings. The Morgan fingerprint density at radius 1 is 1.03 bits per heavy atom. The summed E-state index contributed by atoms with van der Waals surface area (Å²) in [5.74, 6) is 0.0395. The number of nitrogens with one attached hydrogen (secondary N) is 2. The van der Waals surface area contributed by atoms with Crippen LogP contribution in [0.3, 0.4) is 0 Å². The molecule has 1 fully saturated rings. The summed E-state index contributed by atoms with van der Waals surface area (Å²) in [6.07, 6.45) is 1.80. The number of para-hydroxylation sites is 1. The molecule has 7 heteroatoms. The van der Waals surface area contributed by atoms with Gasteiger partial charge in [-0.05, 0) is 36.4 Å². The predicted molar refractivity (Wildman–Crippen MR) is 118 cm³/mol. The van der Waals surface area contributed by atoms with E-state index in [0.717, 1.165) is 11.1 Å². The minimum atomic E-state index is -0.806. The van der Waals surface area contributed by atoms with Gasteiger partial charge in [-0.25, -0.2) is 0 Å². The standard InChI is InChI=1S/C24H20ClN3O3/c1-31-20-10-6-5-9-18(20)15-28-22(16-11-13-19(25)14-12-16)21(24(30)27-28)26-23(29)17-7-3-2-4-8-17/h2-15,21-22H,1H3,(H-,26,27,29,30)/p+1/b28-15-/t21-,22-/m0/s1. The van der Waals surface area contributed by atoms with Gasteiger partial charge in [0.05, 0.1) is 12.7 Å². The fourth-order valence-corrected chi connectivity index (χ4v) is 3.70. The van der Waals surface area contributed by atoms with Crippen molar-refractivity contribution >= 4 is 29.6 Å². The normalized spacial score (nSPS) is 19.2. The summed E-state index contributed by atoms with van der Waals surface area (Å²) in [5.41, 5.74) is 4.96. The second-order valence-electron chi connectivity index (χ2n) is 7.07. The van der Waals surface area contributed by atoms with Crippen molar-refractivity contribution < 1.29 is 19.0 Å². The number of ether oxygens (including phenoxy) is 1. The lowest BCUT2D eigenvalue weighted by Gasteiger charge is -2.15. The Balaban J connectivity index is 1.73. The van der Waals surface area contributed by atoms with Gasteiger partial charge in [0.2, 0.25) is 12.3 Å². The topological polar surface area (TPSA) is 70.4 Å². The first-order valence-electron chi connectivity index (χ1n) is 9.75. The number of methoxy groups -OCH3 is 1. The van der Waals surface area contributed by atoms with E-state index in [-0.39, 0.29) is 11.8 Å². The number of carbonyl (C=O) groups excluding carboxylic acids is 2. The number of hydrogen-bond donors (Lipinski definition) is 2. The van der Waals surface area contributed by atoms with Crippen LogP contribution < -0.4 is 15.5 Å². The molecule has 0 spiro atoms. The second kappa shape index (κ2) is 9.02. The minimum Gasteiger partial charge on any atom is -0.496 e. The molecule has 1 heterocycles. The van der Waals surface area contributed by atoms with Crippen LogP contribution in [0.1, 0.15) is 27.5 Å². The fourth-order valence-electron chi connectivity index (χ4n) is 3.58. The van der Waals surface area contributed by atoms with Gasteiger partial charge in [-0.1, -0.05) is 54.1 Å². The van der Waals surface area contributed by atoms with E-state index < -0.39 is 12.1 Å². The van der Waals surface area contributed by atoms with Crippen molar-refractivity contribution in [2.45, 2.75) is 12.1 Å². The molecule has 0 unspecified atom stereocenters. The molecule has 0 radical (unpaired) electrons. The number of halogens is 1. The van der Waals surface area contributed by atoms with E-state index >= 15 is 0 Å². The zero-order valence-corrected chi connectivity index (χ0v) is 17.5.